The first-order valence-corrected chi connectivity index (χ1v) is 10.5. The largest absolute Gasteiger partial charge is 0.341 e. The molecule has 2 aliphatic rings. The number of likely N-dealkylation sites (tertiary alicyclic amines) is 1. The lowest BCUT2D eigenvalue weighted by molar-refractivity contribution is -0.137. The summed E-state index contributed by atoms with van der Waals surface area (Å²) in [6.07, 6.45) is 6.66. The molecular weight excluding hydrogens is 334 g/mol. The third-order valence-electron chi connectivity index (χ3n) is 6.47. The van der Waals surface area contributed by atoms with Crippen LogP contribution in [0.2, 0.25) is 0 Å². The fourth-order valence-electron chi connectivity index (χ4n) is 4.84. The van der Waals surface area contributed by atoms with E-state index in [1.165, 1.54) is 24.0 Å². The number of piperidine rings is 1. The van der Waals surface area contributed by atoms with Crippen LogP contribution in [0.3, 0.4) is 0 Å². The van der Waals surface area contributed by atoms with Gasteiger partial charge in [0.2, 0.25) is 5.91 Å². The lowest BCUT2D eigenvalue weighted by Crippen LogP contribution is -2.44. The topological polar surface area (TPSA) is 49.0 Å². The molecule has 2 atom stereocenters. The Kier molecular flexibility index (Phi) is 5.33. The number of rotatable bonds is 4. The lowest BCUT2D eigenvalue weighted by Gasteiger charge is -2.38. The van der Waals surface area contributed by atoms with E-state index in [2.05, 4.69) is 52.4 Å². The zero-order chi connectivity index (χ0) is 18.8. The molecule has 1 aliphatic heterocycles. The molecule has 0 spiro atoms. The second-order valence-electron chi connectivity index (χ2n) is 8.43. The molecule has 1 saturated carbocycles. The average molecular weight is 366 g/mol. The standard InChI is InChI=1S/C23H31N3O/c1-3-17-8-10-18(11-9-17)20-13-21(22-12-16(2)24-25-22)15-26(14-20)23(27)19-6-4-5-7-19/h8-12,19-21H,3-7,13-15H2,1-2H3,(H,24,25). The maximum absolute atomic E-state index is 13.2. The quantitative estimate of drug-likeness (QED) is 0.863. The summed E-state index contributed by atoms with van der Waals surface area (Å²) < 4.78 is 0. The van der Waals surface area contributed by atoms with Crippen LogP contribution in [0.25, 0.3) is 0 Å². The summed E-state index contributed by atoms with van der Waals surface area (Å²) in [4.78, 5) is 15.3. The number of carbonyl (C=O) groups is 1. The van der Waals surface area contributed by atoms with Crippen molar-refractivity contribution < 1.29 is 4.79 Å². The monoisotopic (exact) mass is 365 g/mol. The van der Waals surface area contributed by atoms with Gasteiger partial charge in [0.25, 0.3) is 0 Å². The van der Waals surface area contributed by atoms with Crippen LogP contribution in [0.15, 0.2) is 30.3 Å². The van der Waals surface area contributed by atoms with Gasteiger partial charge in [0, 0.05) is 36.5 Å². The SMILES string of the molecule is CCc1ccc(C2CC(c3cc(C)[nH]n3)CN(C(=O)C3CCCC3)C2)cc1. The molecule has 4 nitrogen and oxygen atoms in total. The molecule has 1 amide bonds. The van der Waals surface area contributed by atoms with E-state index in [9.17, 15) is 4.79 Å². The van der Waals surface area contributed by atoms with Gasteiger partial charge in [0.1, 0.15) is 0 Å². The Morgan fingerprint density at radius 2 is 1.85 bits per heavy atom. The number of benzene rings is 1. The molecule has 4 rings (SSSR count). The molecule has 2 heterocycles. The normalized spacial score (nSPS) is 23.7. The highest BCUT2D eigenvalue weighted by atomic mass is 16.2. The first-order valence-electron chi connectivity index (χ1n) is 10.5. The minimum atomic E-state index is 0.243. The van der Waals surface area contributed by atoms with Crippen LogP contribution in [-0.2, 0) is 11.2 Å². The molecule has 2 fully saturated rings. The van der Waals surface area contributed by atoms with Crippen molar-refractivity contribution in [1.29, 1.82) is 0 Å². The fraction of sp³-hybridized carbons (Fsp3) is 0.565. The number of nitrogens with one attached hydrogen (secondary N) is 1. The summed E-state index contributed by atoms with van der Waals surface area (Å²) in [5.41, 5.74) is 4.92. The summed E-state index contributed by atoms with van der Waals surface area (Å²) in [5.74, 6) is 1.31. The van der Waals surface area contributed by atoms with Gasteiger partial charge in [-0.25, -0.2) is 0 Å². The van der Waals surface area contributed by atoms with Gasteiger partial charge in [-0.2, -0.15) is 5.10 Å². The second kappa shape index (κ2) is 7.87. The third-order valence-corrected chi connectivity index (χ3v) is 6.47. The Morgan fingerprint density at radius 1 is 1.15 bits per heavy atom. The number of aromatic amines is 1. The molecule has 2 aromatic rings. The van der Waals surface area contributed by atoms with E-state index in [1.54, 1.807) is 0 Å². The molecule has 0 radical (unpaired) electrons. The van der Waals surface area contributed by atoms with Crippen LogP contribution in [-0.4, -0.2) is 34.1 Å². The molecule has 1 saturated heterocycles. The number of aryl methyl sites for hydroxylation is 2. The van der Waals surface area contributed by atoms with Crippen LogP contribution in [0, 0.1) is 12.8 Å². The second-order valence-corrected chi connectivity index (χ2v) is 8.43. The molecule has 1 aromatic carbocycles. The number of carbonyl (C=O) groups excluding carboxylic acids is 1. The van der Waals surface area contributed by atoms with Crippen molar-refractivity contribution in [2.75, 3.05) is 13.1 Å². The Labute approximate surface area is 162 Å². The van der Waals surface area contributed by atoms with Gasteiger partial charge in [-0.05, 0) is 49.8 Å². The van der Waals surface area contributed by atoms with Gasteiger partial charge in [-0.1, -0.05) is 44.0 Å². The highest BCUT2D eigenvalue weighted by molar-refractivity contribution is 5.79. The molecule has 1 aliphatic carbocycles. The summed E-state index contributed by atoms with van der Waals surface area (Å²) in [7, 11) is 0. The lowest BCUT2D eigenvalue weighted by atomic mass is 9.82. The molecule has 27 heavy (non-hydrogen) atoms. The van der Waals surface area contributed by atoms with Gasteiger partial charge in [0.15, 0.2) is 0 Å². The zero-order valence-corrected chi connectivity index (χ0v) is 16.6. The number of nitrogens with zero attached hydrogens (tertiary/aromatic N) is 2. The van der Waals surface area contributed by atoms with Crippen LogP contribution in [0.4, 0.5) is 0 Å². The van der Waals surface area contributed by atoms with E-state index in [0.29, 0.717) is 17.7 Å². The van der Waals surface area contributed by atoms with E-state index in [1.807, 2.05) is 6.92 Å². The molecule has 1 aromatic heterocycles. The number of aromatic nitrogens is 2. The number of amides is 1. The summed E-state index contributed by atoms with van der Waals surface area (Å²) in [5, 5.41) is 7.60. The van der Waals surface area contributed by atoms with Crippen molar-refractivity contribution in [2.45, 2.75) is 64.2 Å². The molecule has 144 valence electrons. The Hall–Kier alpha value is -2.10. The molecule has 4 heteroatoms. The van der Waals surface area contributed by atoms with Crippen molar-refractivity contribution in [3.05, 3.63) is 52.8 Å². The fourth-order valence-corrected chi connectivity index (χ4v) is 4.84. The highest BCUT2D eigenvalue weighted by Gasteiger charge is 2.36. The summed E-state index contributed by atoms with van der Waals surface area (Å²) >= 11 is 0. The van der Waals surface area contributed by atoms with Crippen molar-refractivity contribution in [1.82, 2.24) is 15.1 Å². The zero-order valence-electron chi connectivity index (χ0n) is 16.6. The van der Waals surface area contributed by atoms with Crippen molar-refractivity contribution in [3.8, 4) is 0 Å². The Balaban J connectivity index is 1.58. The predicted molar refractivity (Wildman–Crippen MR) is 108 cm³/mol. The maximum atomic E-state index is 13.2. The van der Waals surface area contributed by atoms with E-state index in [-0.39, 0.29) is 5.92 Å². The van der Waals surface area contributed by atoms with E-state index in [0.717, 1.165) is 50.2 Å². The molecule has 1 N–H and O–H groups in total. The molecule has 0 bridgehead atoms. The number of hydrogen-bond donors (Lipinski definition) is 1. The first kappa shape index (κ1) is 18.3. The van der Waals surface area contributed by atoms with Crippen molar-refractivity contribution in [2.24, 2.45) is 5.92 Å². The maximum Gasteiger partial charge on any atom is 0.225 e. The number of hydrogen-bond acceptors (Lipinski definition) is 2. The summed E-state index contributed by atoms with van der Waals surface area (Å²) in [6, 6.07) is 11.1. The third kappa shape index (κ3) is 3.95. The van der Waals surface area contributed by atoms with Crippen molar-refractivity contribution >= 4 is 5.91 Å². The van der Waals surface area contributed by atoms with E-state index >= 15 is 0 Å². The van der Waals surface area contributed by atoms with Gasteiger partial charge in [-0.3, -0.25) is 9.89 Å². The molecular formula is C23H31N3O. The van der Waals surface area contributed by atoms with E-state index < -0.39 is 0 Å². The van der Waals surface area contributed by atoms with E-state index in [4.69, 9.17) is 0 Å². The van der Waals surface area contributed by atoms with Crippen LogP contribution < -0.4 is 0 Å². The minimum Gasteiger partial charge on any atom is -0.341 e. The van der Waals surface area contributed by atoms with Gasteiger partial charge in [0.05, 0.1) is 5.69 Å². The number of H-pyrrole nitrogens is 1. The first-order chi connectivity index (χ1) is 13.1. The molecule has 2 unspecified atom stereocenters. The summed E-state index contributed by atoms with van der Waals surface area (Å²) in [6.45, 7) is 5.89. The smallest absolute Gasteiger partial charge is 0.225 e. The van der Waals surface area contributed by atoms with Crippen LogP contribution in [0.5, 0.6) is 0 Å². The van der Waals surface area contributed by atoms with Gasteiger partial charge < -0.3 is 4.90 Å². The van der Waals surface area contributed by atoms with Crippen LogP contribution >= 0.6 is 0 Å². The Bertz CT molecular complexity index is 773. The van der Waals surface area contributed by atoms with Gasteiger partial charge >= 0.3 is 0 Å². The average Bonchev–Trinajstić information content (AvgIpc) is 3.39. The predicted octanol–water partition coefficient (Wildman–Crippen LogP) is 4.57. The minimum absolute atomic E-state index is 0.243. The van der Waals surface area contributed by atoms with Crippen LogP contribution in [0.1, 0.15) is 73.4 Å². The van der Waals surface area contributed by atoms with Crippen molar-refractivity contribution in [3.63, 3.8) is 0 Å². The Morgan fingerprint density at radius 3 is 2.48 bits per heavy atom. The van der Waals surface area contributed by atoms with Gasteiger partial charge in [-0.15, -0.1) is 0 Å². The highest BCUT2D eigenvalue weighted by Crippen LogP contribution is 2.37.